The van der Waals surface area contributed by atoms with Crippen LogP contribution in [-0.2, 0) is 6.54 Å². The Morgan fingerprint density at radius 1 is 1.04 bits per heavy atom. The molecule has 5 nitrogen and oxygen atoms in total. The van der Waals surface area contributed by atoms with Gasteiger partial charge in [-0.2, -0.15) is 0 Å². The van der Waals surface area contributed by atoms with Crippen LogP contribution in [0, 0.1) is 12.7 Å². The Kier molecular flexibility index (Phi) is 5.02. The second-order valence-electron chi connectivity index (χ2n) is 6.11. The summed E-state index contributed by atoms with van der Waals surface area (Å²) in [4.78, 5) is 4.05. The summed E-state index contributed by atoms with van der Waals surface area (Å²) < 4.78 is 18.3. The molecule has 136 valence electrons. The second kappa shape index (κ2) is 7.75. The zero-order valence-electron chi connectivity index (χ0n) is 14.8. The number of nitrogens with zero attached hydrogens (tertiary/aromatic N) is 5. The minimum atomic E-state index is -0.312. The summed E-state index contributed by atoms with van der Waals surface area (Å²) in [6.07, 6.45) is 5.47. The highest BCUT2D eigenvalue weighted by atomic mass is 32.2. The van der Waals surface area contributed by atoms with Crippen LogP contribution in [0.15, 0.2) is 72.4 Å². The van der Waals surface area contributed by atoms with Crippen LogP contribution in [-0.4, -0.2) is 30.1 Å². The maximum absolute atomic E-state index is 14.4. The zero-order valence-corrected chi connectivity index (χ0v) is 15.6. The van der Waals surface area contributed by atoms with Crippen LogP contribution in [0.3, 0.4) is 0 Å². The van der Waals surface area contributed by atoms with E-state index < -0.39 is 0 Å². The molecule has 4 rings (SSSR count). The Bertz CT molecular complexity index is 1020. The Balaban J connectivity index is 1.70. The number of halogens is 1. The van der Waals surface area contributed by atoms with Gasteiger partial charge >= 0.3 is 0 Å². The molecule has 7 heteroatoms. The third kappa shape index (κ3) is 3.78. The summed E-state index contributed by atoms with van der Waals surface area (Å²) in [5.74, 6) is 0.993. The Morgan fingerprint density at radius 2 is 1.85 bits per heavy atom. The van der Waals surface area contributed by atoms with Gasteiger partial charge in [-0.15, -0.1) is 10.2 Å². The molecule has 0 spiro atoms. The zero-order chi connectivity index (χ0) is 18.6. The fraction of sp³-hybridized carbons (Fsp3) is 0.150. The first-order valence-corrected chi connectivity index (χ1v) is 9.57. The molecule has 27 heavy (non-hydrogen) atoms. The fourth-order valence-corrected chi connectivity index (χ4v) is 3.67. The smallest absolute Gasteiger partial charge is 0.196 e. The maximum atomic E-state index is 14.4. The van der Waals surface area contributed by atoms with Crippen molar-refractivity contribution in [1.82, 2.24) is 24.3 Å². The van der Waals surface area contributed by atoms with E-state index in [-0.39, 0.29) is 5.82 Å². The molecule has 0 aliphatic carbocycles. The van der Waals surface area contributed by atoms with Crippen LogP contribution in [0.25, 0.3) is 17.1 Å². The molecule has 0 saturated heterocycles. The van der Waals surface area contributed by atoms with E-state index in [1.165, 1.54) is 6.07 Å². The summed E-state index contributed by atoms with van der Waals surface area (Å²) in [5.41, 5.74) is 2.51. The molecule has 0 N–H and O–H groups in total. The van der Waals surface area contributed by atoms with Gasteiger partial charge in [-0.25, -0.2) is 9.37 Å². The number of aryl methyl sites for hydroxylation is 2. The summed E-state index contributed by atoms with van der Waals surface area (Å²) in [6.45, 7) is 2.84. The summed E-state index contributed by atoms with van der Waals surface area (Å²) >= 11 is 1.58. The third-order valence-corrected chi connectivity index (χ3v) is 5.09. The van der Waals surface area contributed by atoms with E-state index in [1.54, 1.807) is 42.5 Å². The summed E-state index contributed by atoms with van der Waals surface area (Å²) in [7, 11) is 0. The SMILES string of the molecule is Cc1ccc(-n2c(SCCn3ccnc3)nnc2-c2ccccc2F)cc1. The van der Waals surface area contributed by atoms with E-state index in [9.17, 15) is 4.39 Å². The molecule has 4 aromatic rings. The average Bonchev–Trinajstić information content (AvgIpc) is 3.33. The van der Waals surface area contributed by atoms with E-state index >= 15 is 0 Å². The van der Waals surface area contributed by atoms with Gasteiger partial charge in [0, 0.05) is 30.4 Å². The van der Waals surface area contributed by atoms with Crippen molar-refractivity contribution in [2.45, 2.75) is 18.6 Å². The summed E-state index contributed by atoms with van der Waals surface area (Å²) in [5, 5.41) is 9.36. The lowest BCUT2D eigenvalue weighted by molar-refractivity contribution is 0.629. The van der Waals surface area contributed by atoms with Crippen LogP contribution >= 0.6 is 11.8 Å². The lowest BCUT2D eigenvalue weighted by atomic mass is 10.2. The van der Waals surface area contributed by atoms with Crippen molar-refractivity contribution in [3.63, 3.8) is 0 Å². The quantitative estimate of drug-likeness (QED) is 0.467. The lowest BCUT2D eigenvalue weighted by Gasteiger charge is -2.11. The summed E-state index contributed by atoms with van der Waals surface area (Å²) in [6, 6.07) is 14.7. The molecule has 0 atom stereocenters. The number of thioether (sulfide) groups is 1. The van der Waals surface area contributed by atoms with Gasteiger partial charge in [0.1, 0.15) is 5.82 Å². The normalized spacial score (nSPS) is 11.0. The van der Waals surface area contributed by atoms with Crippen LogP contribution in [0.5, 0.6) is 0 Å². The molecule has 0 radical (unpaired) electrons. The Morgan fingerprint density at radius 3 is 2.59 bits per heavy atom. The molecule has 0 fully saturated rings. The van der Waals surface area contributed by atoms with Gasteiger partial charge < -0.3 is 4.57 Å². The van der Waals surface area contributed by atoms with Gasteiger partial charge in [-0.3, -0.25) is 4.57 Å². The maximum Gasteiger partial charge on any atom is 0.196 e. The predicted octanol–water partition coefficient (Wildman–Crippen LogP) is 4.37. The first-order chi connectivity index (χ1) is 13.2. The van der Waals surface area contributed by atoms with Gasteiger partial charge in [0.25, 0.3) is 0 Å². The van der Waals surface area contributed by atoms with E-state index in [4.69, 9.17) is 0 Å². The van der Waals surface area contributed by atoms with Crippen molar-refractivity contribution in [2.24, 2.45) is 0 Å². The Hall–Kier alpha value is -2.93. The molecule has 0 unspecified atom stereocenters. The van der Waals surface area contributed by atoms with Crippen molar-refractivity contribution in [3.05, 3.63) is 78.6 Å². The molecule has 0 bridgehead atoms. The molecule has 2 aromatic heterocycles. The second-order valence-corrected chi connectivity index (χ2v) is 7.17. The number of hydrogen-bond donors (Lipinski definition) is 0. The fourth-order valence-electron chi connectivity index (χ4n) is 2.77. The molecular formula is C20H18FN5S. The van der Waals surface area contributed by atoms with Crippen LogP contribution in [0.4, 0.5) is 4.39 Å². The lowest BCUT2D eigenvalue weighted by Crippen LogP contribution is -2.03. The molecule has 0 saturated carbocycles. The van der Waals surface area contributed by atoms with Gasteiger partial charge in [-0.1, -0.05) is 41.6 Å². The number of benzene rings is 2. The largest absolute Gasteiger partial charge is 0.337 e. The van der Waals surface area contributed by atoms with Crippen LogP contribution in [0.1, 0.15) is 5.56 Å². The van der Waals surface area contributed by atoms with Crippen molar-refractivity contribution in [2.75, 3.05) is 5.75 Å². The van der Waals surface area contributed by atoms with Crippen molar-refractivity contribution >= 4 is 11.8 Å². The first-order valence-electron chi connectivity index (χ1n) is 8.58. The van der Waals surface area contributed by atoms with Crippen molar-refractivity contribution < 1.29 is 4.39 Å². The molecule has 2 aromatic carbocycles. The van der Waals surface area contributed by atoms with Crippen molar-refractivity contribution in [3.8, 4) is 17.1 Å². The van der Waals surface area contributed by atoms with Gasteiger partial charge in [-0.05, 0) is 31.2 Å². The molecule has 0 amide bonds. The minimum Gasteiger partial charge on any atom is -0.337 e. The molecule has 0 aliphatic rings. The highest BCUT2D eigenvalue weighted by Crippen LogP contribution is 2.29. The highest BCUT2D eigenvalue weighted by Gasteiger charge is 2.18. The average molecular weight is 379 g/mol. The number of hydrogen-bond acceptors (Lipinski definition) is 4. The van der Waals surface area contributed by atoms with E-state index in [0.29, 0.717) is 11.4 Å². The molecular weight excluding hydrogens is 361 g/mol. The topological polar surface area (TPSA) is 48.5 Å². The third-order valence-electron chi connectivity index (χ3n) is 4.18. The van der Waals surface area contributed by atoms with Gasteiger partial charge in [0.2, 0.25) is 0 Å². The number of rotatable bonds is 6. The van der Waals surface area contributed by atoms with Crippen LogP contribution < -0.4 is 0 Å². The minimum absolute atomic E-state index is 0.312. The first kappa shape index (κ1) is 17.5. The predicted molar refractivity (Wildman–Crippen MR) is 104 cm³/mol. The van der Waals surface area contributed by atoms with Gasteiger partial charge in [0.15, 0.2) is 11.0 Å². The van der Waals surface area contributed by atoms with Crippen LogP contribution in [0.2, 0.25) is 0 Å². The molecule has 0 aliphatic heterocycles. The van der Waals surface area contributed by atoms with E-state index in [1.807, 2.05) is 46.5 Å². The standard InChI is InChI=1S/C20H18FN5S/c1-15-6-8-16(9-7-15)26-19(17-4-2-3-5-18(17)21)23-24-20(26)27-13-12-25-11-10-22-14-25/h2-11,14H,12-13H2,1H3. The number of aromatic nitrogens is 5. The van der Waals surface area contributed by atoms with Gasteiger partial charge in [0.05, 0.1) is 11.9 Å². The molecule has 2 heterocycles. The highest BCUT2D eigenvalue weighted by molar-refractivity contribution is 7.99. The van der Waals surface area contributed by atoms with E-state index in [0.717, 1.165) is 28.7 Å². The monoisotopic (exact) mass is 379 g/mol. The number of imidazole rings is 1. The van der Waals surface area contributed by atoms with Crippen molar-refractivity contribution in [1.29, 1.82) is 0 Å². The Labute approximate surface area is 160 Å². The van der Waals surface area contributed by atoms with E-state index in [2.05, 4.69) is 15.2 Å².